The molecular weight excluding hydrogens is 588 g/mol. The van der Waals surface area contributed by atoms with Crippen LogP contribution in [0.15, 0.2) is 53.3 Å². The predicted molar refractivity (Wildman–Crippen MR) is 179 cm³/mol. The van der Waals surface area contributed by atoms with E-state index in [-0.39, 0.29) is 29.2 Å². The van der Waals surface area contributed by atoms with Gasteiger partial charge in [0.05, 0.1) is 33.1 Å². The van der Waals surface area contributed by atoms with Crippen LogP contribution < -0.4 is 40.9 Å². The van der Waals surface area contributed by atoms with Crippen LogP contribution in [0.1, 0.15) is 63.1 Å². The number of carbonyl (C=O) groups is 3. The minimum absolute atomic E-state index is 0.106. The van der Waals surface area contributed by atoms with Crippen molar-refractivity contribution < 1.29 is 28.6 Å². The molecule has 0 spiro atoms. The Morgan fingerprint density at radius 3 is 2.24 bits per heavy atom. The van der Waals surface area contributed by atoms with Gasteiger partial charge in [0.2, 0.25) is 28.9 Å². The van der Waals surface area contributed by atoms with Gasteiger partial charge >= 0.3 is 0 Å². The summed E-state index contributed by atoms with van der Waals surface area (Å²) in [5.41, 5.74) is 4.70. The maximum absolute atomic E-state index is 13.5. The van der Waals surface area contributed by atoms with E-state index >= 15 is 0 Å². The lowest BCUT2D eigenvalue weighted by molar-refractivity contribution is -0.120. The lowest BCUT2D eigenvalue weighted by Gasteiger charge is -2.19. The van der Waals surface area contributed by atoms with E-state index < -0.39 is 0 Å². The van der Waals surface area contributed by atoms with Gasteiger partial charge in [-0.15, -0.1) is 0 Å². The van der Waals surface area contributed by atoms with E-state index in [9.17, 15) is 19.2 Å². The molecule has 3 amide bonds. The van der Waals surface area contributed by atoms with Gasteiger partial charge in [-0.3, -0.25) is 19.2 Å². The number of aryl methyl sites for hydroxylation is 1. The second-order valence-electron chi connectivity index (χ2n) is 11.1. The topological polar surface area (TPSA) is 144 Å². The Bertz CT molecular complexity index is 1660. The summed E-state index contributed by atoms with van der Waals surface area (Å²) < 4.78 is 17.1. The van der Waals surface area contributed by atoms with Crippen LogP contribution in [0.2, 0.25) is 0 Å². The highest BCUT2D eigenvalue weighted by Gasteiger charge is 2.29. The first-order valence-electron chi connectivity index (χ1n) is 15.3. The normalized spacial score (nSPS) is 13.3. The fourth-order valence-corrected chi connectivity index (χ4v) is 5.77. The zero-order chi connectivity index (χ0) is 33.2. The Morgan fingerprint density at radius 2 is 1.57 bits per heavy atom. The van der Waals surface area contributed by atoms with E-state index in [4.69, 9.17) is 14.2 Å². The molecule has 4 rings (SSSR count). The Hall–Kier alpha value is -5.06. The van der Waals surface area contributed by atoms with E-state index in [1.807, 2.05) is 12.1 Å². The van der Waals surface area contributed by atoms with Crippen molar-refractivity contribution in [2.45, 2.75) is 58.4 Å². The van der Waals surface area contributed by atoms with Crippen molar-refractivity contribution in [2.24, 2.45) is 0 Å². The number of carbonyl (C=O) groups excluding carboxylic acids is 3. The van der Waals surface area contributed by atoms with Crippen molar-refractivity contribution in [1.82, 2.24) is 5.32 Å². The Kier molecular flexibility index (Phi) is 11.6. The molecule has 3 aromatic rings. The quantitative estimate of drug-likeness (QED) is 0.183. The molecule has 1 aliphatic carbocycles. The van der Waals surface area contributed by atoms with Crippen LogP contribution in [0.5, 0.6) is 17.2 Å². The highest BCUT2D eigenvalue weighted by atomic mass is 16.5. The number of fused-ring (bicyclic) bond motifs is 3. The molecule has 0 bridgehead atoms. The fourth-order valence-electron chi connectivity index (χ4n) is 5.77. The minimum Gasteiger partial charge on any atom is -0.493 e. The van der Waals surface area contributed by atoms with Crippen molar-refractivity contribution in [2.75, 3.05) is 43.8 Å². The van der Waals surface area contributed by atoms with Crippen LogP contribution in [0.3, 0.4) is 0 Å². The predicted octanol–water partition coefficient (Wildman–Crippen LogP) is 5.43. The number of anilines is 3. The molecule has 11 heteroatoms. The zero-order valence-electron chi connectivity index (χ0n) is 27.0. The molecule has 3 aromatic carbocycles. The molecule has 0 aliphatic heterocycles. The average molecular weight is 631 g/mol. The molecule has 1 aliphatic rings. The summed E-state index contributed by atoms with van der Waals surface area (Å²) >= 11 is 0. The number of unbranched alkanes of at least 4 members (excludes halogenated alkanes) is 2. The first-order valence-corrected chi connectivity index (χ1v) is 15.3. The maximum atomic E-state index is 13.5. The number of methoxy groups -OCH3 is 3. The summed E-state index contributed by atoms with van der Waals surface area (Å²) in [6.07, 6.45) is 3.78. The van der Waals surface area contributed by atoms with Gasteiger partial charge in [0.25, 0.3) is 0 Å². The molecule has 0 fully saturated rings. The first kappa shape index (κ1) is 33.8. The maximum Gasteiger partial charge on any atom is 0.224 e. The average Bonchev–Trinajstić information content (AvgIpc) is 3.25. The lowest BCUT2D eigenvalue weighted by Crippen LogP contribution is -2.26. The molecule has 4 N–H and O–H groups in total. The number of benzene rings is 2. The van der Waals surface area contributed by atoms with Crippen LogP contribution in [0, 0.1) is 0 Å². The first-order chi connectivity index (χ1) is 22.1. The van der Waals surface area contributed by atoms with Gasteiger partial charge in [-0.05, 0) is 78.8 Å². The highest BCUT2D eigenvalue weighted by Crippen LogP contribution is 2.50. The van der Waals surface area contributed by atoms with Crippen LogP contribution in [0.25, 0.3) is 11.1 Å². The van der Waals surface area contributed by atoms with E-state index in [1.165, 1.54) is 13.8 Å². The molecule has 0 heterocycles. The Morgan fingerprint density at radius 1 is 0.826 bits per heavy atom. The van der Waals surface area contributed by atoms with Crippen LogP contribution in [0.4, 0.5) is 17.1 Å². The zero-order valence-corrected chi connectivity index (χ0v) is 27.0. The molecular formula is C35H42N4O7. The molecule has 0 aromatic heterocycles. The van der Waals surface area contributed by atoms with Crippen LogP contribution >= 0.6 is 0 Å². The third-order valence-electron chi connectivity index (χ3n) is 7.78. The minimum atomic E-state index is -0.381. The van der Waals surface area contributed by atoms with Gasteiger partial charge in [0.15, 0.2) is 11.5 Å². The number of hydrogen-bond donors (Lipinski definition) is 4. The van der Waals surface area contributed by atoms with Crippen LogP contribution in [-0.4, -0.2) is 45.6 Å². The second-order valence-corrected chi connectivity index (χ2v) is 11.1. The van der Waals surface area contributed by atoms with Crippen LogP contribution in [-0.2, 0) is 20.8 Å². The van der Waals surface area contributed by atoms with Crippen molar-refractivity contribution in [3.63, 3.8) is 0 Å². The van der Waals surface area contributed by atoms with E-state index in [2.05, 4.69) is 21.3 Å². The Balaban J connectivity index is 1.46. The van der Waals surface area contributed by atoms with E-state index in [0.717, 1.165) is 29.5 Å². The molecule has 1 atom stereocenters. The summed E-state index contributed by atoms with van der Waals surface area (Å²) in [4.78, 5) is 49.3. The SMILES string of the molecule is COc1cc2c(c(OC)c1OC)-c1ccc(NCCCCCC(=O)Nc3cccc(NC(C)=O)c3)c(=O)cc1C(NC(C)=O)CC2. The monoisotopic (exact) mass is 630 g/mol. The van der Waals surface area contributed by atoms with Crippen molar-refractivity contribution >= 4 is 34.8 Å². The van der Waals surface area contributed by atoms with Gasteiger partial charge in [0.1, 0.15) is 0 Å². The number of hydrogen-bond acceptors (Lipinski definition) is 8. The van der Waals surface area contributed by atoms with Crippen molar-refractivity contribution in [3.8, 4) is 28.4 Å². The second kappa shape index (κ2) is 15.8. The summed E-state index contributed by atoms with van der Waals surface area (Å²) in [5, 5.41) is 11.8. The van der Waals surface area contributed by atoms with Gasteiger partial charge in [-0.25, -0.2) is 0 Å². The molecule has 0 saturated carbocycles. The van der Waals surface area contributed by atoms with Gasteiger partial charge in [0, 0.05) is 43.8 Å². The smallest absolute Gasteiger partial charge is 0.224 e. The van der Waals surface area contributed by atoms with Gasteiger partial charge in [-0.1, -0.05) is 18.6 Å². The number of ether oxygens (including phenoxy) is 3. The molecule has 11 nitrogen and oxygen atoms in total. The summed E-state index contributed by atoms with van der Waals surface area (Å²) in [5.74, 6) is 1.02. The number of rotatable bonds is 13. The lowest BCUT2D eigenvalue weighted by atomic mass is 9.95. The molecule has 0 saturated heterocycles. The van der Waals surface area contributed by atoms with Gasteiger partial charge < -0.3 is 35.5 Å². The standard InChI is InChI=1S/C35H42N4O7/c1-21(40)37-24-10-9-11-25(19-24)39-32(43)12-7-6-8-17-36-29-16-14-26-27(20-30(29)42)28(38-22(2)41)15-13-23-18-31(44-3)34(45-4)35(46-5)33(23)26/h9-11,14,16,18-20,28H,6-8,12-13,15,17H2,1-5H3,(H,36,42)(H,37,40)(H,38,41)(H,39,43). The van der Waals surface area contributed by atoms with Crippen molar-refractivity contribution in [3.05, 3.63) is 69.9 Å². The summed E-state index contributed by atoms with van der Waals surface area (Å²) in [6, 6.07) is 13.8. The third kappa shape index (κ3) is 8.35. The molecule has 244 valence electrons. The summed E-state index contributed by atoms with van der Waals surface area (Å²) in [6.45, 7) is 3.44. The number of nitrogens with one attached hydrogen (secondary N) is 4. The highest BCUT2D eigenvalue weighted by molar-refractivity contribution is 5.93. The molecule has 0 radical (unpaired) electrons. The Labute approximate surface area is 269 Å². The summed E-state index contributed by atoms with van der Waals surface area (Å²) in [7, 11) is 4.69. The third-order valence-corrected chi connectivity index (χ3v) is 7.78. The van der Waals surface area contributed by atoms with E-state index in [1.54, 1.807) is 57.7 Å². The molecule has 46 heavy (non-hydrogen) atoms. The van der Waals surface area contributed by atoms with E-state index in [0.29, 0.717) is 72.1 Å². The fraction of sp³-hybridized carbons (Fsp3) is 0.371. The number of amides is 3. The van der Waals surface area contributed by atoms with Gasteiger partial charge in [-0.2, -0.15) is 0 Å². The molecule has 1 unspecified atom stereocenters. The largest absolute Gasteiger partial charge is 0.493 e. The van der Waals surface area contributed by atoms with Crippen molar-refractivity contribution in [1.29, 1.82) is 0 Å².